The first-order valence-corrected chi connectivity index (χ1v) is 6.34. The van der Waals surface area contributed by atoms with Crippen molar-refractivity contribution in [3.63, 3.8) is 0 Å². The number of hydrogen-bond acceptors (Lipinski definition) is 1. The highest BCUT2D eigenvalue weighted by atomic mass is 19.3. The molecule has 0 saturated heterocycles. The molecule has 1 aliphatic carbocycles. The molecule has 0 unspecified atom stereocenters. The van der Waals surface area contributed by atoms with E-state index < -0.39 is 24.3 Å². The number of hydrogen-bond donors (Lipinski definition) is 1. The third kappa shape index (κ3) is 3.85. The summed E-state index contributed by atoms with van der Waals surface area (Å²) in [5, 5.41) is 2.03. The van der Waals surface area contributed by atoms with E-state index in [1.54, 1.807) is 0 Å². The van der Waals surface area contributed by atoms with Crippen molar-refractivity contribution in [2.75, 3.05) is 0 Å². The van der Waals surface area contributed by atoms with Crippen LogP contribution in [0.1, 0.15) is 45.4 Å². The molecule has 6 heteroatoms. The molecule has 1 aliphatic rings. The molecule has 0 aromatic carbocycles. The molecule has 0 heterocycles. The summed E-state index contributed by atoms with van der Waals surface area (Å²) in [5.74, 6) is -5.87. The lowest BCUT2D eigenvalue weighted by atomic mass is 9.83. The predicted octanol–water partition coefficient (Wildman–Crippen LogP) is 3.36. The van der Waals surface area contributed by atoms with Crippen molar-refractivity contribution < 1.29 is 22.4 Å². The maximum atomic E-state index is 12.7. The van der Waals surface area contributed by atoms with E-state index in [1.807, 2.05) is 5.32 Å². The highest BCUT2D eigenvalue weighted by molar-refractivity contribution is 5.84. The molecular weight excluding hydrogens is 250 g/mol. The average molecular weight is 269 g/mol. The Morgan fingerprint density at radius 3 is 2.28 bits per heavy atom. The average Bonchev–Trinajstić information content (AvgIpc) is 2.31. The number of carbonyl (C=O) groups excluding carboxylic acids is 1. The molecule has 0 radical (unpaired) electrons. The third-order valence-corrected chi connectivity index (χ3v) is 3.46. The summed E-state index contributed by atoms with van der Waals surface area (Å²) in [5.41, 5.74) is 0. The van der Waals surface area contributed by atoms with Crippen molar-refractivity contribution in [3.05, 3.63) is 0 Å². The molecule has 18 heavy (non-hydrogen) atoms. The maximum absolute atomic E-state index is 12.7. The lowest BCUT2D eigenvalue weighted by molar-refractivity contribution is -0.170. The monoisotopic (exact) mass is 269 g/mol. The second kappa shape index (κ2) is 6.38. The quantitative estimate of drug-likeness (QED) is 0.762. The zero-order valence-corrected chi connectivity index (χ0v) is 10.4. The number of amides is 1. The van der Waals surface area contributed by atoms with E-state index in [0.717, 1.165) is 25.7 Å². The molecule has 1 amide bonds. The van der Waals surface area contributed by atoms with Gasteiger partial charge in [0.2, 0.25) is 0 Å². The van der Waals surface area contributed by atoms with Crippen molar-refractivity contribution in [1.29, 1.82) is 0 Å². The Labute approximate surface area is 104 Å². The van der Waals surface area contributed by atoms with Crippen LogP contribution in [-0.2, 0) is 4.79 Å². The molecule has 1 fully saturated rings. The molecule has 0 aliphatic heterocycles. The van der Waals surface area contributed by atoms with E-state index in [1.165, 1.54) is 0 Å². The zero-order chi connectivity index (χ0) is 13.8. The fourth-order valence-electron chi connectivity index (χ4n) is 2.38. The molecule has 106 valence electrons. The zero-order valence-electron chi connectivity index (χ0n) is 10.4. The van der Waals surface area contributed by atoms with Crippen LogP contribution in [0.25, 0.3) is 0 Å². The van der Waals surface area contributed by atoms with E-state index in [9.17, 15) is 22.4 Å². The Bertz CT molecular complexity index is 275. The molecule has 1 rings (SSSR count). The SMILES string of the molecule is CCCC1CCC(NC(=O)C(F)(F)C(F)F)CC1. The molecule has 0 bridgehead atoms. The van der Waals surface area contributed by atoms with Crippen molar-refractivity contribution in [3.8, 4) is 0 Å². The number of nitrogens with one attached hydrogen (secondary N) is 1. The Kier molecular flexibility index (Phi) is 5.41. The first kappa shape index (κ1) is 15.2. The lowest BCUT2D eigenvalue weighted by Crippen LogP contribution is -2.49. The van der Waals surface area contributed by atoms with E-state index in [4.69, 9.17) is 0 Å². The molecule has 0 spiro atoms. The van der Waals surface area contributed by atoms with Crippen LogP contribution in [0.5, 0.6) is 0 Å². The third-order valence-electron chi connectivity index (χ3n) is 3.46. The molecule has 0 aromatic rings. The van der Waals surface area contributed by atoms with Gasteiger partial charge in [0.15, 0.2) is 0 Å². The van der Waals surface area contributed by atoms with Gasteiger partial charge in [-0.15, -0.1) is 0 Å². The smallest absolute Gasteiger partial charge is 0.348 e. The van der Waals surface area contributed by atoms with Gasteiger partial charge in [0.05, 0.1) is 0 Å². The van der Waals surface area contributed by atoms with Gasteiger partial charge in [-0.3, -0.25) is 4.79 Å². The molecule has 1 saturated carbocycles. The summed E-state index contributed by atoms with van der Waals surface area (Å²) in [6.07, 6.45) is 1.12. The van der Waals surface area contributed by atoms with Gasteiger partial charge in [-0.1, -0.05) is 19.8 Å². The largest absolute Gasteiger partial charge is 0.383 e. The van der Waals surface area contributed by atoms with Gasteiger partial charge in [0.1, 0.15) is 0 Å². The normalized spacial score (nSPS) is 25.2. The fourth-order valence-corrected chi connectivity index (χ4v) is 2.38. The van der Waals surface area contributed by atoms with Gasteiger partial charge >= 0.3 is 12.3 Å². The first-order valence-electron chi connectivity index (χ1n) is 6.34. The van der Waals surface area contributed by atoms with Gasteiger partial charge in [-0.2, -0.15) is 8.78 Å². The highest BCUT2D eigenvalue weighted by Crippen LogP contribution is 2.29. The topological polar surface area (TPSA) is 29.1 Å². The van der Waals surface area contributed by atoms with Gasteiger partial charge in [0, 0.05) is 6.04 Å². The predicted molar refractivity (Wildman–Crippen MR) is 59.7 cm³/mol. The van der Waals surface area contributed by atoms with E-state index in [2.05, 4.69) is 6.92 Å². The van der Waals surface area contributed by atoms with Gasteiger partial charge < -0.3 is 5.32 Å². The number of alkyl halides is 4. The van der Waals surface area contributed by atoms with Gasteiger partial charge in [0.25, 0.3) is 5.91 Å². The Morgan fingerprint density at radius 1 is 1.28 bits per heavy atom. The first-order chi connectivity index (χ1) is 8.37. The van der Waals surface area contributed by atoms with Crippen LogP contribution < -0.4 is 5.32 Å². The van der Waals surface area contributed by atoms with E-state index >= 15 is 0 Å². The minimum absolute atomic E-state index is 0.393. The summed E-state index contributed by atoms with van der Waals surface area (Å²) < 4.78 is 49.4. The number of halogens is 4. The van der Waals surface area contributed by atoms with E-state index in [-0.39, 0.29) is 0 Å². The maximum Gasteiger partial charge on any atom is 0.383 e. The summed E-state index contributed by atoms with van der Waals surface area (Å²) >= 11 is 0. The van der Waals surface area contributed by atoms with Gasteiger partial charge in [-0.05, 0) is 31.6 Å². The highest BCUT2D eigenvalue weighted by Gasteiger charge is 2.49. The minimum Gasteiger partial charge on any atom is -0.348 e. The fraction of sp³-hybridized carbons (Fsp3) is 0.917. The standard InChI is InChI=1S/C12H19F4NO/c1-2-3-8-4-6-9(7-5-8)17-11(18)12(15,16)10(13)14/h8-10H,2-7H2,1H3,(H,17,18). The second-order valence-corrected chi connectivity index (χ2v) is 4.90. The van der Waals surface area contributed by atoms with Crippen LogP contribution in [-0.4, -0.2) is 24.3 Å². The Morgan fingerprint density at radius 2 is 1.83 bits per heavy atom. The molecule has 0 aromatic heterocycles. The van der Waals surface area contributed by atoms with Crippen molar-refractivity contribution in [1.82, 2.24) is 5.32 Å². The minimum atomic E-state index is -4.58. The van der Waals surface area contributed by atoms with Crippen LogP contribution >= 0.6 is 0 Å². The molecule has 2 nitrogen and oxygen atoms in total. The molecular formula is C12H19F4NO. The van der Waals surface area contributed by atoms with Crippen molar-refractivity contribution >= 4 is 5.91 Å². The van der Waals surface area contributed by atoms with Crippen LogP contribution in [0, 0.1) is 5.92 Å². The summed E-state index contributed by atoms with van der Waals surface area (Å²) in [4.78, 5) is 11.0. The van der Waals surface area contributed by atoms with E-state index in [0.29, 0.717) is 18.8 Å². The Hall–Kier alpha value is -0.810. The lowest BCUT2D eigenvalue weighted by Gasteiger charge is -2.29. The van der Waals surface area contributed by atoms with Crippen molar-refractivity contribution in [2.24, 2.45) is 5.92 Å². The van der Waals surface area contributed by atoms with Crippen LogP contribution in [0.4, 0.5) is 17.6 Å². The van der Waals surface area contributed by atoms with Crippen molar-refractivity contribution in [2.45, 2.75) is 63.8 Å². The van der Waals surface area contributed by atoms with Crippen LogP contribution in [0.3, 0.4) is 0 Å². The van der Waals surface area contributed by atoms with Crippen LogP contribution in [0.15, 0.2) is 0 Å². The molecule has 1 N–H and O–H groups in total. The summed E-state index contributed by atoms with van der Waals surface area (Å²) in [6.45, 7) is 2.08. The molecule has 0 atom stereocenters. The number of carbonyl (C=O) groups is 1. The Balaban J connectivity index is 2.39. The van der Waals surface area contributed by atoms with Crippen LogP contribution in [0.2, 0.25) is 0 Å². The van der Waals surface area contributed by atoms with Gasteiger partial charge in [-0.25, -0.2) is 8.78 Å². The summed E-state index contributed by atoms with van der Waals surface area (Å²) in [6, 6.07) is -0.393. The number of rotatable bonds is 5. The second-order valence-electron chi connectivity index (χ2n) is 4.90. The summed E-state index contributed by atoms with van der Waals surface area (Å²) in [7, 11) is 0.